The Balaban J connectivity index is 2.05. The molecule has 1 unspecified atom stereocenters. The van der Waals surface area contributed by atoms with Crippen molar-refractivity contribution >= 4 is 41.2 Å². The quantitative estimate of drug-likeness (QED) is 0.284. The number of nitrogens with zero attached hydrogens (tertiary/aromatic N) is 1. The van der Waals surface area contributed by atoms with Gasteiger partial charge in [-0.2, -0.15) is 4.39 Å². The van der Waals surface area contributed by atoms with Gasteiger partial charge in [-0.3, -0.25) is 4.79 Å². The molecule has 1 atom stereocenters. The van der Waals surface area contributed by atoms with E-state index in [0.717, 1.165) is 39.7 Å². The molecule has 0 spiro atoms. The van der Waals surface area contributed by atoms with Crippen LogP contribution in [0.1, 0.15) is 6.92 Å². The van der Waals surface area contributed by atoms with Gasteiger partial charge in [0.1, 0.15) is 12.0 Å². The summed E-state index contributed by atoms with van der Waals surface area (Å²) in [5, 5.41) is 0. The first-order valence-electron chi connectivity index (χ1n) is 8.27. The van der Waals surface area contributed by atoms with Crippen LogP contribution in [-0.2, 0) is 4.79 Å². The van der Waals surface area contributed by atoms with Crippen LogP contribution < -0.4 is 9.64 Å². The Morgan fingerprint density at radius 2 is 2.12 bits per heavy atom. The molecule has 1 aliphatic rings. The predicted octanol–water partition coefficient (Wildman–Crippen LogP) is 5.68. The molecule has 2 aromatic carbocycles. The summed E-state index contributed by atoms with van der Waals surface area (Å²) >= 11 is 3.31. The van der Waals surface area contributed by atoms with Crippen LogP contribution in [0.2, 0.25) is 0 Å². The Morgan fingerprint density at radius 1 is 1.35 bits per heavy atom. The molecule has 0 fully saturated rings. The first kappa shape index (κ1) is 18.9. The van der Waals surface area contributed by atoms with E-state index >= 15 is 0 Å². The van der Waals surface area contributed by atoms with E-state index in [4.69, 9.17) is 4.74 Å². The van der Waals surface area contributed by atoms with Crippen LogP contribution >= 0.6 is 23.5 Å². The maximum atomic E-state index is 13.1. The van der Waals surface area contributed by atoms with Gasteiger partial charge in [-0.1, -0.05) is 25.1 Å². The van der Waals surface area contributed by atoms with Gasteiger partial charge in [0.2, 0.25) is 0 Å². The van der Waals surface area contributed by atoms with Crippen LogP contribution in [0.4, 0.5) is 15.8 Å². The zero-order chi connectivity index (χ0) is 18.5. The van der Waals surface area contributed by atoms with E-state index in [0.29, 0.717) is 11.7 Å². The number of rotatable bonds is 5. The molecule has 1 heterocycles. The lowest BCUT2D eigenvalue weighted by atomic mass is 10.1. The van der Waals surface area contributed by atoms with E-state index in [1.54, 1.807) is 11.8 Å². The monoisotopic (exact) mass is 389 g/mol. The van der Waals surface area contributed by atoms with Gasteiger partial charge in [0, 0.05) is 22.9 Å². The zero-order valence-electron chi connectivity index (χ0n) is 14.6. The molecular formula is C20H20FNO2S2. The van der Waals surface area contributed by atoms with E-state index in [9.17, 15) is 9.18 Å². The van der Waals surface area contributed by atoms with Gasteiger partial charge in [-0.05, 0) is 36.4 Å². The number of ether oxygens (including phenoxy) is 1. The van der Waals surface area contributed by atoms with Gasteiger partial charge in [-0.15, -0.1) is 23.5 Å². The standard InChI is InChI=1S/C20H20FNO2S2/c1-14-10-22(16-6-4-3-5-7-16)17-8-20(25-2)18(9-19(17)26-13-14)24-12-15(21)11-23/h3-9,11-12,14H,10,13H2,1-2H3/b15-12-. The van der Waals surface area contributed by atoms with Crippen molar-refractivity contribution in [3.05, 3.63) is 54.6 Å². The van der Waals surface area contributed by atoms with Gasteiger partial charge < -0.3 is 9.64 Å². The van der Waals surface area contributed by atoms with E-state index in [1.165, 1.54) is 11.8 Å². The highest BCUT2D eigenvalue weighted by Gasteiger charge is 2.23. The number of carbonyl (C=O) groups is 1. The minimum Gasteiger partial charge on any atom is -0.461 e. The normalized spacial score (nSPS) is 17.4. The summed E-state index contributed by atoms with van der Waals surface area (Å²) in [5.74, 6) is 1.14. The number of halogens is 1. The molecule has 0 aromatic heterocycles. The molecule has 2 aromatic rings. The molecule has 26 heavy (non-hydrogen) atoms. The summed E-state index contributed by atoms with van der Waals surface area (Å²) < 4.78 is 18.6. The first-order chi connectivity index (χ1) is 12.6. The van der Waals surface area contributed by atoms with Crippen molar-refractivity contribution in [1.82, 2.24) is 0 Å². The van der Waals surface area contributed by atoms with Crippen molar-refractivity contribution in [1.29, 1.82) is 0 Å². The number of benzene rings is 2. The SMILES string of the molecule is CSc1cc2c(cc1O/C=C(\F)C=O)SCC(C)CN2c1ccccc1. The van der Waals surface area contributed by atoms with Gasteiger partial charge >= 0.3 is 0 Å². The second kappa shape index (κ2) is 8.64. The van der Waals surface area contributed by atoms with E-state index in [2.05, 4.69) is 30.0 Å². The molecule has 0 aliphatic carbocycles. The highest BCUT2D eigenvalue weighted by molar-refractivity contribution is 7.99. The summed E-state index contributed by atoms with van der Waals surface area (Å²) in [7, 11) is 0. The molecule has 3 nitrogen and oxygen atoms in total. The Morgan fingerprint density at radius 3 is 2.81 bits per heavy atom. The molecule has 0 radical (unpaired) electrons. The molecule has 0 saturated heterocycles. The number of anilines is 2. The maximum absolute atomic E-state index is 13.1. The fraction of sp³-hybridized carbons (Fsp3) is 0.250. The van der Waals surface area contributed by atoms with Crippen LogP contribution in [0.25, 0.3) is 0 Å². The topological polar surface area (TPSA) is 29.5 Å². The molecule has 0 saturated carbocycles. The zero-order valence-corrected chi connectivity index (χ0v) is 16.3. The van der Waals surface area contributed by atoms with Crippen LogP contribution in [0.15, 0.2) is 64.3 Å². The van der Waals surface area contributed by atoms with Crippen LogP contribution in [0.3, 0.4) is 0 Å². The van der Waals surface area contributed by atoms with Crippen LogP contribution in [0.5, 0.6) is 5.75 Å². The Labute approximate surface area is 161 Å². The number of allylic oxidation sites excluding steroid dienone is 1. The van der Waals surface area contributed by atoms with Gasteiger partial charge in [0.25, 0.3) is 0 Å². The molecule has 136 valence electrons. The number of carbonyl (C=O) groups excluding carboxylic acids is 1. The molecule has 6 heteroatoms. The van der Waals surface area contributed by atoms with Crippen molar-refractivity contribution < 1.29 is 13.9 Å². The van der Waals surface area contributed by atoms with Crippen molar-refractivity contribution in [3.63, 3.8) is 0 Å². The third kappa shape index (κ3) is 4.24. The average molecular weight is 390 g/mol. The maximum Gasteiger partial charge on any atom is 0.197 e. The van der Waals surface area contributed by atoms with E-state index < -0.39 is 5.83 Å². The van der Waals surface area contributed by atoms with Crippen molar-refractivity contribution in [2.45, 2.75) is 16.7 Å². The van der Waals surface area contributed by atoms with Gasteiger partial charge in [-0.25, -0.2) is 0 Å². The summed E-state index contributed by atoms with van der Waals surface area (Å²) in [6.45, 7) is 3.17. The molecule has 1 aliphatic heterocycles. The largest absolute Gasteiger partial charge is 0.461 e. The first-order valence-corrected chi connectivity index (χ1v) is 10.5. The Hall–Kier alpha value is -1.92. The minimum absolute atomic E-state index is 0.135. The number of aldehydes is 1. The molecule has 0 N–H and O–H groups in total. The fourth-order valence-electron chi connectivity index (χ4n) is 2.80. The number of hydrogen-bond acceptors (Lipinski definition) is 5. The van der Waals surface area contributed by atoms with Crippen molar-refractivity contribution in [2.75, 3.05) is 23.5 Å². The van der Waals surface area contributed by atoms with Crippen molar-refractivity contribution in [2.24, 2.45) is 5.92 Å². The summed E-state index contributed by atoms with van der Waals surface area (Å²) in [6, 6.07) is 14.3. The molecule has 3 rings (SSSR count). The smallest absolute Gasteiger partial charge is 0.197 e. The van der Waals surface area contributed by atoms with Crippen molar-refractivity contribution in [3.8, 4) is 5.75 Å². The molecule has 0 bridgehead atoms. The summed E-state index contributed by atoms with van der Waals surface area (Å²) in [4.78, 5) is 14.8. The Bertz CT molecular complexity index is 811. The average Bonchev–Trinajstić information content (AvgIpc) is 2.84. The van der Waals surface area contributed by atoms with Gasteiger partial charge in [0.15, 0.2) is 12.1 Å². The third-order valence-corrected chi connectivity index (χ3v) is 6.17. The molecular weight excluding hydrogens is 369 g/mol. The van der Waals surface area contributed by atoms with Crippen LogP contribution in [-0.4, -0.2) is 24.8 Å². The summed E-state index contributed by atoms with van der Waals surface area (Å²) in [5.41, 5.74) is 2.28. The van der Waals surface area contributed by atoms with Crippen LogP contribution in [0, 0.1) is 5.92 Å². The molecule has 0 amide bonds. The Kier molecular flexibility index (Phi) is 6.27. The highest BCUT2D eigenvalue weighted by atomic mass is 32.2. The number of thioether (sulfide) groups is 2. The number of fused-ring (bicyclic) bond motifs is 1. The lowest BCUT2D eigenvalue weighted by Crippen LogP contribution is -2.23. The minimum atomic E-state index is -0.931. The second-order valence-corrected chi connectivity index (χ2v) is 7.98. The number of hydrogen-bond donors (Lipinski definition) is 0. The lowest BCUT2D eigenvalue weighted by molar-refractivity contribution is -0.106. The number of para-hydroxylation sites is 1. The second-order valence-electron chi connectivity index (χ2n) is 6.07. The highest BCUT2D eigenvalue weighted by Crippen LogP contribution is 2.44. The lowest BCUT2D eigenvalue weighted by Gasteiger charge is -2.27. The van der Waals surface area contributed by atoms with E-state index in [-0.39, 0.29) is 6.29 Å². The third-order valence-electron chi connectivity index (χ3n) is 4.03. The summed E-state index contributed by atoms with van der Waals surface area (Å²) in [6.07, 6.45) is 2.94. The van der Waals surface area contributed by atoms with E-state index in [1.807, 2.05) is 30.5 Å². The van der Waals surface area contributed by atoms with Gasteiger partial charge in [0.05, 0.1) is 10.6 Å². The predicted molar refractivity (Wildman–Crippen MR) is 107 cm³/mol. The fourth-order valence-corrected chi connectivity index (χ4v) is 4.42.